The molecule has 1 aliphatic heterocycles. The number of carbonyl (C=O) groups is 2. The number of imide groups is 1. The fourth-order valence-electron chi connectivity index (χ4n) is 3.40. The molecular formula is C24H29NO4. The lowest BCUT2D eigenvalue weighted by atomic mass is 9.87. The molecule has 2 amide bonds. The third kappa shape index (κ3) is 4.51. The Bertz CT molecular complexity index is 859. The number of ether oxygens (including phenoxy) is 2. The highest BCUT2D eigenvalue weighted by Gasteiger charge is 2.43. The predicted molar refractivity (Wildman–Crippen MR) is 112 cm³/mol. The van der Waals surface area contributed by atoms with Gasteiger partial charge in [-0.2, -0.15) is 0 Å². The fourth-order valence-corrected chi connectivity index (χ4v) is 3.40. The molecule has 2 aromatic carbocycles. The van der Waals surface area contributed by atoms with E-state index in [1.54, 1.807) is 24.3 Å². The maximum atomic E-state index is 12.7. The molecule has 3 rings (SSSR count). The van der Waals surface area contributed by atoms with E-state index in [2.05, 4.69) is 32.9 Å². The summed E-state index contributed by atoms with van der Waals surface area (Å²) in [5.74, 6) is 0.255. The van der Waals surface area contributed by atoms with Crippen molar-refractivity contribution in [3.63, 3.8) is 0 Å². The van der Waals surface area contributed by atoms with Gasteiger partial charge in [0.25, 0.3) is 11.8 Å². The van der Waals surface area contributed by atoms with Crippen LogP contribution < -0.4 is 4.74 Å². The Labute approximate surface area is 172 Å². The van der Waals surface area contributed by atoms with Gasteiger partial charge in [0.15, 0.2) is 0 Å². The topological polar surface area (TPSA) is 55.8 Å². The monoisotopic (exact) mass is 395 g/mol. The lowest BCUT2D eigenvalue weighted by molar-refractivity contribution is 0.0103. The van der Waals surface area contributed by atoms with Crippen LogP contribution in [0.15, 0.2) is 48.5 Å². The number of fused-ring (bicyclic) bond motifs is 1. The highest BCUT2D eigenvalue weighted by atomic mass is 16.5. The van der Waals surface area contributed by atoms with Gasteiger partial charge >= 0.3 is 0 Å². The standard InChI is InChI=1S/C24H29NO4/c1-23(2,3)17-10-12-18(13-11-17)29-15-14-28-16-24(4,5)25-21(26)19-8-6-7-9-20(19)22(25)27/h6-13H,14-16H2,1-5H3. The molecule has 29 heavy (non-hydrogen) atoms. The minimum atomic E-state index is -0.748. The van der Waals surface area contributed by atoms with E-state index in [0.29, 0.717) is 24.3 Å². The van der Waals surface area contributed by atoms with Gasteiger partial charge < -0.3 is 9.47 Å². The quantitative estimate of drug-likeness (QED) is 0.513. The minimum absolute atomic E-state index is 0.108. The molecule has 0 saturated heterocycles. The van der Waals surface area contributed by atoms with Gasteiger partial charge in [-0.3, -0.25) is 14.5 Å². The molecular weight excluding hydrogens is 366 g/mol. The maximum absolute atomic E-state index is 12.7. The third-order valence-corrected chi connectivity index (χ3v) is 5.07. The van der Waals surface area contributed by atoms with E-state index in [0.717, 1.165) is 5.75 Å². The highest BCUT2D eigenvalue weighted by Crippen LogP contribution is 2.29. The SMILES string of the molecule is CC(C)(C)c1ccc(OCCOCC(C)(C)N2C(=O)c3ccccc3C2=O)cc1. The smallest absolute Gasteiger partial charge is 0.262 e. The van der Waals surface area contributed by atoms with Crippen molar-refractivity contribution in [3.05, 3.63) is 65.2 Å². The number of hydrogen-bond acceptors (Lipinski definition) is 4. The molecule has 0 unspecified atom stereocenters. The van der Waals surface area contributed by atoms with Gasteiger partial charge in [-0.05, 0) is 49.1 Å². The van der Waals surface area contributed by atoms with Gasteiger partial charge in [-0.15, -0.1) is 0 Å². The molecule has 2 aromatic rings. The van der Waals surface area contributed by atoms with Gasteiger partial charge in [0, 0.05) is 0 Å². The summed E-state index contributed by atoms with van der Waals surface area (Å²) in [4.78, 5) is 26.6. The summed E-state index contributed by atoms with van der Waals surface area (Å²) in [7, 11) is 0. The molecule has 154 valence electrons. The Hall–Kier alpha value is -2.66. The molecule has 0 radical (unpaired) electrons. The first kappa shape index (κ1) is 21.1. The Morgan fingerprint density at radius 3 is 1.86 bits per heavy atom. The van der Waals surface area contributed by atoms with Crippen molar-refractivity contribution in [2.45, 2.75) is 45.6 Å². The van der Waals surface area contributed by atoms with Crippen LogP contribution in [0.5, 0.6) is 5.75 Å². The van der Waals surface area contributed by atoms with E-state index in [9.17, 15) is 9.59 Å². The third-order valence-electron chi connectivity index (χ3n) is 5.07. The Morgan fingerprint density at radius 1 is 0.793 bits per heavy atom. The highest BCUT2D eigenvalue weighted by molar-refractivity contribution is 6.21. The number of nitrogens with zero attached hydrogens (tertiary/aromatic N) is 1. The summed E-state index contributed by atoms with van der Waals surface area (Å²) in [5, 5.41) is 0. The first-order chi connectivity index (χ1) is 13.6. The van der Waals surface area contributed by atoms with Crippen LogP contribution in [0.1, 0.15) is 60.9 Å². The second-order valence-corrected chi connectivity index (χ2v) is 8.98. The minimum Gasteiger partial charge on any atom is -0.491 e. The van der Waals surface area contributed by atoms with Gasteiger partial charge in [0.1, 0.15) is 12.4 Å². The molecule has 1 aliphatic rings. The second-order valence-electron chi connectivity index (χ2n) is 8.98. The maximum Gasteiger partial charge on any atom is 0.262 e. The number of benzene rings is 2. The van der Waals surface area contributed by atoms with Crippen LogP contribution in [0.3, 0.4) is 0 Å². The van der Waals surface area contributed by atoms with Crippen LogP contribution in [0.25, 0.3) is 0 Å². The van der Waals surface area contributed by atoms with Gasteiger partial charge in [0.2, 0.25) is 0 Å². The van der Waals surface area contributed by atoms with Crippen molar-refractivity contribution in [2.24, 2.45) is 0 Å². The van der Waals surface area contributed by atoms with Crippen LogP contribution in [-0.4, -0.2) is 42.1 Å². The largest absolute Gasteiger partial charge is 0.491 e. The number of hydrogen-bond donors (Lipinski definition) is 0. The molecule has 0 N–H and O–H groups in total. The Kier molecular flexibility index (Phi) is 5.80. The van der Waals surface area contributed by atoms with Crippen LogP contribution in [0.2, 0.25) is 0 Å². The Balaban J connectivity index is 1.49. The van der Waals surface area contributed by atoms with E-state index in [-0.39, 0.29) is 23.8 Å². The van der Waals surface area contributed by atoms with Gasteiger partial charge in [-0.1, -0.05) is 45.0 Å². The molecule has 0 aliphatic carbocycles. The molecule has 0 aromatic heterocycles. The van der Waals surface area contributed by atoms with Gasteiger partial charge in [-0.25, -0.2) is 0 Å². The zero-order valence-corrected chi connectivity index (χ0v) is 17.8. The van der Waals surface area contributed by atoms with E-state index in [4.69, 9.17) is 9.47 Å². The lowest BCUT2D eigenvalue weighted by Gasteiger charge is -2.33. The van der Waals surface area contributed by atoms with Crippen molar-refractivity contribution in [2.75, 3.05) is 19.8 Å². The van der Waals surface area contributed by atoms with Crippen LogP contribution in [-0.2, 0) is 10.2 Å². The predicted octanol–water partition coefficient (Wildman–Crippen LogP) is 4.45. The molecule has 0 bridgehead atoms. The summed E-state index contributed by atoms with van der Waals surface area (Å²) < 4.78 is 11.5. The van der Waals surface area contributed by atoms with Crippen molar-refractivity contribution in [3.8, 4) is 5.75 Å². The van der Waals surface area contributed by atoms with Crippen molar-refractivity contribution >= 4 is 11.8 Å². The molecule has 0 saturated carbocycles. The van der Waals surface area contributed by atoms with E-state index in [1.165, 1.54) is 10.5 Å². The average Bonchev–Trinajstić information content (AvgIpc) is 2.93. The van der Waals surface area contributed by atoms with E-state index in [1.807, 2.05) is 26.0 Å². The summed E-state index contributed by atoms with van der Waals surface area (Å²) in [6, 6.07) is 15.0. The van der Waals surface area contributed by atoms with Crippen LogP contribution >= 0.6 is 0 Å². The molecule has 0 fully saturated rings. The molecule has 0 spiro atoms. The van der Waals surface area contributed by atoms with Crippen LogP contribution in [0, 0.1) is 0 Å². The number of rotatable bonds is 7. The van der Waals surface area contributed by atoms with E-state index < -0.39 is 5.54 Å². The molecule has 5 nitrogen and oxygen atoms in total. The normalized spacial score (nSPS) is 14.3. The van der Waals surface area contributed by atoms with Crippen molar-refractivity contribution < 1.29 is 19.1 Å². The van der Waals surface area contributed by atoms with Crippen molar-refractivity contribution in [1.29, 1.82) is 0 Å². The summed E-state index contributed by atoms with van der Waals surface area (Å²) in [5.41, 5.74) is 1.52. The number of amides is 2. The summed E-state index contributed by atoms with van der Waals surface area (Å²) in [6.45, 7) is 11.2. The Morgan fingerprint density at radius 2 is 1.34 bits per heavy atom. The lowest BCUT2D eigenvalue weighted by Crippen LogP contribution is -2.50. The molecule has 0 atom stereocenters. The first-order valence-electron chi connectivity index (χ1n) is 9.90. The van der Waals surface area contributed by atoms with Crippen LogP contribution in [0.4, 0.5) is 0 Å². The second kappa shape index (κ2) is 7.99. The average molecular weight is 395 g/mol. The summed E-state index contributed by atoms with van der Waals surface area (Å²) >= 11 is 0. The zero-order valence-electron chi connectivity index (χ0n) is 17.8. The van der Waals surface area contributed by atoms with Gasteiger partial charge in [0.05, 0.1) is 29.9 Å². The summed E-state index contributed by atoms with van der Waals surface area (Å²) in [6.07, 6.45) is 0. The number of carbonyl (C=O) groups excluding carboxylic acids is 2. The fraction of sp³-hybridized carbons (Fsp3) is 0.417. The molecule has 5 heteroatoms. The van der Waals surface area contributed by atoms with Crippen molar-refractivity contribution in [1.82, 2.24) is 4.90 Å². The molecule has 1 heterocycles. The van der Waals surface area contributed by atoms with E-state index >= 15 is 0 Å². The zero-order chi connectivity index (χ0) is 21.2. The first-order valence-corrected chi connectivity index (χ1v) is 9.90.